The quantitative estimate of drug-likeness (QED) is 0.671. The van der Waals surface area contributed by atoms with Crippen molar-refractivity contribution in [1.82, 2.24) is 30.0 Å². The maximum absolute atomic E-state index is 4.01. The van der Waals surface area contributed by atoms with Gasteiger partial charge in [-0.25, -0.2) is 0 Å². The van der Waals surface area contributed by atoms with Gasteiger partial charge in [-0.1, -0.05) is 10.4 Å². The molecule has 2 aromatic heterocycles. The molecule has 0 atom stereocenters. The van der Waals surface area contributed by atoms with Crippen LogP contribution in [-0.2, 0) is 26.9 Å². The molecule has 6 nitrogen and oxygen atoms in total. The largest absolute Gasteiger partial charge is 0.255 e. The first-order valence-electron chi connectivity index (χ1n) is 4.44. The van der Waals surface area contributed by atoms with E-state index in [0.717, 1.165) is 24.2 Å². The van der Waals surface area contributed by atoms with Crippen LogP contribution < -0.4 is 0 Å². The molecule has 0 amide bonds. The highest BCUT2D eigenvalue weighted by atomic mass is 15.4. The van der Waals surface area contributed by atoms with Gasteiger partial charge in [0.15, 0.2) is 0 Å². The molecule has 0 saturated carbocycles. The second-order valence-corrected chi connectivity index (χ2v) is 3.23. The first kappa shape index (κ1) is 8.86. The number of rotatable bonds is 3. The van der Waals surface area contributed by atoms with Gasteiger partial charge in [-0.05, 0) is 12.8 Å². The number of aromatic nitrogens is 6. The van der Waals surface area contributed by atoms with Gasteiger partial charge >= 0.3 is 0 Å². The highest BCUT2D eigenvalue weighted by molar-refractivity contribution is 5.00. The van der Waals surface area contributed by atoms with Crippen LogP contribution in [0.3, 0.4) is 0 Å². The normalized spacial score (nSPS) is 10.7. The summed E-state index contributed by atoms with van der Waals surface area (Å²) in [4.78, 5) is 0. The van der Waals surface area contributed by atoms with E-state index in [0.29, 0.717) is 0 Å². The monoisotopic (exact) mass is 192 g/mol. The Hall–Kier alpha value is -1.72. The Morgan fingerprint density at radius 2 is 2.07 bits per heavy atom. The molecule has 2 aromatic rings. The standard InChI is InChI=1S/C8H12N6/c1-13-6-7(10-12-13)3-4-8-5-9-11-14(8)2/h5-6H,3-4H2,1-2H3. The first-order valence-corrected chi connectivity index (χ1v) is 4.44. The van der Waals surface area contributed by atoms with E-state index in [1.807, 2.05) is 20.3 Å². The molecule has 0 saturated heterocycles. The fourth-order valence-electron chi connectivity index (χ4n) is 1.30. The average molecular weight is 192 g/mol. The summed E-state index contributed by atoms with van der Waals surface area (Å²) >= 11 is 0. The molecular formula is C8H12N6. The zero-order valence-electron chi connectivity index (χ0n) is 8.25. The molecule has 0 spiro atoms. The molecule has 2 rings (SSSR count). The smallest absolute Gasteiger partial charge is 0.0830 e. The minimum atomic E-state index is 0.870. The Morgan fingerprint density at radius 3 is 2.64 bits per heavy atom. The second-order valence-electron chi connectivity index (χ2n) is 3.23. The highest BCUT2D eigenvalue weighted by Crippen LogP contribution is 2.01. The molecule has 0 bridgehead atoms. The van der Waals surface area contributed by atoms with Gasteiger partial charge in [0.1, 0.15) is 0 Å². The first-order chi connectivity index (χ1) is 6.75. The maximum atomic E-state index is 4.01. The summed E-state index contributed by atoms with van der Waals surface area (Å²) in [5.41, 5.74) is 2.10. The van der Waals surface area contributed by atoms with Crippen molar-refractivity contribution in [1.29, 1.82) is 0 Å². The molecule has 0 N–H and O–H groups in total. The minimum absolute atomic E-state index is 0.870. The molecule has 0 aliphatic heterocycles. The van der Waals surface area contributed by atoms with Crippen LogP contribution >= 0.6 is 0 Å². The third-order valence-electron chi connectivity index (χ3n) is 2.10. The van der Waals surface area contributed by atoms with Crippen molar-refractivity contribution in [2.24, 2.45) is 14.1 Å². The van der Waals surface area contributed by atoms with Gasteiger partial charge in [0, 0.05) is 20.3 Å². The average Bonchev–Trinajstić information content (AvgIpc) is 2.72. The fraction of sp³-hybridized carbons (Fsp3) is 0.500. The van der Waals surface area contributed by atoms with Gasteiger partial charge in [0.25, 0.3) is 0 Å². The lowest BCUT2D eigenvalue weighted by Gasteiger charge is -1.96. The van der Waals surface area contributed by atoms with Crippen LogP contribution in [0, 0.1) is 0 Å². The van der Waals surface area contributed by atoms with Crippen LogP contribution in [0.1, 0.15) is 11.4 Å². The van der Waals surface area contributed by atoms with E-state index >= 15 is 0 Å². The lowest BCUT2D eigenvalue weighted by Crippen LogP contribution is -2.00. The summed E-state index contributed by atoms with van der Waals surface area (Å²) in [5.74, 6) is 0. The molecule has 0 unspecified atom stereocenters. The van der Waals surface area contributed by atoms with E-state index < -0.39 is 0 Å². The van der Waals surface area contributed by atoms with Crippen molar-refractivity contribution >= 4 is 0 Å². The predicted octanol–water partition coefficient (Wildman–Crippen LogP) is -0.271. The highest BCUT2D eigenvalue weighted by Gasteiger charge is 2.02. The van der Waals surface area contributed by atoms with Crippen molar-refractivity contribution in [2.45, 2.75) is 12.8 Å². The van der Waals surface area contributed by atoms with Crippen molar-refractivity contribution in [3.8, 4) is 0 Å². The van der Waals surface area contributed by atoms with Crippen LogP contribution in [0.4, 0.5) is 0 Å². The van der Waals surface area contributed by atoms with Crippen LogP contribution in [0.25, 0.3) is 0 Å². The summed E-state index contributed by atoms with van der Waals surface area (Å²) in [6.07, 6.45) is 5.46. The zero-order chi connectivity index (χ0) is 9.97. The summed E-state index contributed by atoms with van der Waals surface area (Å²) < 4.78 is 3.48. The van der Waals surface area contributed by atoms with Crippen molar-refractivity contribution in [3.05, 3.63) is 23.8 Å². The number of aryl methyl sites for hydroxylation is 4. The molecule has 74 valence electrons. The second kappa shape index (κ2) is 3.57. The van der Waals surface area contributed by atoms with Gasteiger partial charge in [0.2, 0.25) is 0 Å². The van der Waals surface area contributed by atoms with Crippen molar-refractivity contribution in [3.63, 3.8) is 0 Å². The lowest BCUT2D eigenvalue weighted by atomic mass is 10.2. The predicted molar refractivity (Wildman–Crippen MR) is 49.4 cm³/mol. The van der Waals surface area contributed by atoms with Gasteiger partial charge in [-0.15, -0.1) is 10.2 Å². The molecule has 6 heteroatoms. The molecule has 0 radical (unpaired) electrons. The van der Waals surface area contributed by atoms with Crippen LogP contribution in [0.15, 0.2) is 12.4 Å². The van der Waals surface area contributed by atoms with E-state index in [4.69, 9.17) is 0 Å². The zero-order valence-corrected chi connectivity index (χ0v) is 8.25. The van der Waals surface area contributed by atoms with Gasteiger partial charge in [0.05, 0.1) is 17.6 Å². The van der Waals surface area contributed by atoms with E-state index in [1.54, 1.807) is 15.6 Å². The summed E-state index contributed by atoms with van der Waals surface area (Å²) in [6, 6.07) is 0. The summed E-state index contributed by atoms with van der Waals surface area (Å²) in [6.45, 7) is 0. The van der Waals surface area contributed by atoms with Crippen LogP contribution in [-0.4, -0.2) is 30.0 Å². The molecular weight excluding hydrogens is 180 g/mol. The molecule has 0 fully saturated rings. The van der Waals surface area contributed by atoms with Crippen LogP contribution in [0.5, 0.6) is 0 Å². The molecule has 2 heterocycles. The lowest BCUT2D eigenvalue weighted by molar-refractivity contribution is 0.669. The Balaban J connectivity index is 1.98. The minimum Gasteiger partial charge on any atom is -0.255 e. The van der Waals surface area contributed by atoms with Gasteiger partial charge in [-0.2, -0.15) is 0 Å². The third-order valence-corrected chi connectivity index (χ3v) is 2.10. The van der Waals surface area contributed by atoms with Crippen molar-refractivity contribution < 1.29 is 0 Å². The Labute approximate surface area is 81.5 Å². The molecule has 0 aliphatic rings. The summed E-state index contributed by atoms with van der Waals surface area (Å²) in [7, 11) is 3.75. The van der Waals surface area contributed by atoms with Crippen molar-refractivity contribution in [2.75, 3.05) is 0 Å². The van der Waals surface area contributed by atoms with E-state index in [-0.39, 0.29) is 0 Å². The molecule has 14 heavy (non-hydrogen) atoms. The number of nitrogens with zero attached hydrogens (tertiary/aromatic N) is 6. The van der Waals surface area contributed by atoms with Gasteiger partial charge < -0.3 is 0 Å². The number of hydrogen-bond acceptors (Lipinski definition) is 4. The maximum Gasteiger partial charge on any atom is 0.0830 e. The molecule has 0 aliphatic carbocycles. The third kappa shape index (κ3) is 1.78. The number of hydrogen-bond donors (Lipinski definition) is 0. The SMILES string of the molecule is Cn1cc(CCc2cnnn2C)nn1. The van der Waals surface area contributed by atoms with E-state index in [2.05, 4.69) is 20.6 Å². The fourth-order valence-corrected chi connectivity index (χ4v) is 1.30. The Kier molecular flexibility index (Phi) is 2.26. The Bertz CT molecular complexity index is 415. The Morgan fingerprint density at radius 1 is 1.21 bits per heavy atom. The summed E-state index contributed by atoms with van der Waals surface area (Å²) in [5, 5.41) is 15.5. The van der Waals surface area contributed by atoms with E-state index in [1.165, 1.54) is 0 Å². The van der Waals surface area contributed by atoms with Gasteiger partial charge in [-0.3, -0.25) is 9.36 Å². The topological polar surface area (TPSA) is 61.4 Å². The molecule has 0 aromatic carbocycles. The van der Waals surface area contributed by atoms with Crippen LogP contribution in [0.2, 0.25) is 0 Å². The van der Waals surface area contributed by atoms with E-state index in [9.17, 15) is 0 Å².